The van der Waals surface area contributed by atoms with Gasteiger partial charge in [-0.05, 0) is 36.8 Å². The Balaban J connectivity index is 1.44. The van der Waals surface area contributed by atoms with Crippen LogP contribution in [0.3, 0.4) is 0 Å². The third-order valence-corrected chi connectivity index (χ3v) is 8.54. The lowest BCUT2D eigenvalue weighted by molar-refractivity contribution is -0.149. The lowest BCUT2D eigenvalue weighted by Crippen LogP contribution is -2.50. The van der Waals surface area contributed by atoms with E-state index in [9.17, 15) is 9.59 Å². The van der Waals surface area contributed by atoms with Crippen molar-refractivity contribution in [2.45, 2.75) is 52.1 Å². The van der Waals surface area contributed by atoms with Gasteiger partial charge >= 0.3 is 5.97 Å². The molecule has 2 aliphatic carbocycles. The SMILES string of the molecule is C[C@@H]1C(=O)O[C@H]2[C@H]1CC[C@@]1(C)Cc3sc(NC(=O)c4cccn4C)nc3[C@@H](C)[C@H]21. The van der Waals surface area contributed by atoms with Gasteiger partial charge in [-0.3, -0.25) is 14.9 Å². The lowest BCUT2D eigenvalue weighted by atomic mass is 9.54. The molecule has 1 saturated heterocycles. The maximum Gasteiger partial charge on any atom is 0.309 e. The molecule has 0 spiro atoms. The van der Waals surface area contributed by atoms with E-state index < -0.39 is 0 Å². The predicted octanol–water partition coefficient (Wildman–Crippen LogP) is 3.99. The van der Waals surface area contributed by atoms with Crippen molar-refractivity contribution in [2.24, 2.45) is 30.2 Å². The number of nitrogens with zero attached hydrogens (tertiary/aromatic N) is 2. The molecule has 6 atom stereocenters. The number of carbonyl (C=O) groups is 2. The number of nitrogens with one attached hydrogen (secondary N) is 1. The topological polar surface area (TPSA) is 73.2 Å². The molecular formula is C22H27N3O3S. The monoisotopic (exact) mass is 413 g/mol. The number of aromatic nitrogens is 2. The Morgan fingerprint density at radius 1 is 1.38 bits per heavy atom. The maximum atomic E-state index is 12.6. The molecule has 7 heteroatoms. The van der Waals surface area contributed by atoms with Crippen LogP contribution < -0.4 is 5.32 Å². The molecule has 0 radical (unpaired) electrons. The van der Waals surface area contributed by atoms with Crippen LogP contribution in [0.4, 0.5) is 5.13 Å². The molecule has 6 nitrogen and oxygen atoms in total. The molecule has 5 rings (SSSR count). The van der Waals surface area contributed by atoms with E-state index in [0.29, 0.717) is 16.7 Å². The van der Waals surface area contributed by atoms with Crippen molar-refractivity contribution < 1.29 is 14.3 Å². The first-order valence-electron chi connectivity index (χ1n) is 10.4. The van der Waals surface area contributed by atoms with E-state index >= 15 is 0 Å². The Labute approximate surface area is 174 Å². The van der Waals surface area contributed by atoms with Crippen LogP contribution in [0, 0.1) is 23.2 Å². The summed E-state index contributed by atoms with van der Waals surface area (Å²) in [5.41, 5.74) is 1.78. The zero-order valence-electron chi connectivity index (χ0n) is 17.3. The van der Waals surface area contributed by atoms with Gasteiger partial charge in [0.25, 0.3) is 5.91 Å². The van der Waals surface area contributed by atoms with Crippen LogP contribution in [0.5, 0.6) is 0 Å². The van der Waals surface area contributed by atoms with Gasteiger partial charge in [-0.25, -0.2) is 4.98 Å². The van der Waals surface area contributed by atoms with E-state index in [-0.39, 0.29) is 41.1 Å². The van der Waals surface area contributed by atoms with Gasteiger partial charge in [0.15, 0.2) is 5.13 Å². The highest BCUT2D eigenvalue weighted by Gasteiger charge is 2.58. The summed E-state index contributed by atoms with van der Waals surface area (Å²) in [5.74, 6) is 0.607. The molecule has 1 aliphatic heterocycles. The molecule has 2 fully saturated rings. The van der Waals surface area contributed by atoms with Gasteiger partial charge in [-0.1, -0.05) is 20.8 Å². The van der Waals surface area contributed by atoms with E-state index in [0.717, 1.165) is 25.0 Å². The number of aryl methyl sites for hydroxylation is 1. The average molecular weight is 414 g/mol. The molecule has 154 valence electrons. The number of carbonyl (C=O) groups excluding carboxylic acids is 2. The third kappa shape index (κ3) is 2.77. The van der Waals surface area contributed by atoms with Crippen LogP contribution in [0.25, 0.3) is 0 Å². The molecule has 1 N–H and O–H groups in total. The fourth-order valence-corrected chi connectivity index (χ4v) is 7.25. The van der Waals surface area contributed by atoms with E-state index in [1.165, 1.54) is 4.88 Å². The number of esters is 1. The molecule has 0 bridgehead atoms. The van der Waals surface area contributed by atoms with Crippen LogP contribution in [0.2, 0.25) is 0 Å². The number of thiazole rings is 1. The van der Waals surface area contributed by atoms with Crippen molar-refractivity contribution in [1.29, 1.82) is 0 Å². The van der Waals surface area contributed by atoms with Crippen molar-refractivity contribution in [3.63, 3.8) is 0 Å². The molecule has 0 aromatic carbocycles. The number of hydrogen-bond acceptors (Lipinski definition) is 5. The summed E-state index contributed by atoms with van der Waals surface area (Å²) >= 11 is 1.59. The molecule has 0 unspecified atom stereocenters. The molecule has 2 aromatic heterocycles. The zero-order valence-corrected chi connectivity index (χ0v) is 18.1. The van der Waals surface area contributed by atoms with Crippen LogP contribution in [-0.4, -0.2) is 27.5 Å². The molecule has 2 aromatic rings. The summed E-state index contributed by atoms with van der Waals surface area (Å²) in [4.78, 5) is 30.9. The number of rotatable bonds is 2. The normalized spacial score (nSPS) is 35.4. The van der Waals surface area contributed by atoms with Gasteiger partial charge in [0.05, 0.1) is 11.6 Å². The average Bonchev–Trinajstić information content (AvgIpc) is 3.33. The zero-order chi connectivity index (χ0) is 20.5. The number of fused-ring (bicyclic) bond motifs is 4. The van der Waals surface area contributed by atoms with Gasteiger partial charge in [0, 0.05) is 35.9 Å². The summed E-state index contributed by atoms with van der Waals surface area (Å²) in [6.07, 6.45) is 4.93. The smallest absolute Gasteiger partial charge is 0.309 e. The first kappa shape index (κ1) is 18.9. The maximum absolute atomic E-state index is 12.6. The minimum atomic E-state index is -0.140. The van der Waals surface area contributed by atoms with Gasteiger partial charge in [0.2, 0.25) is 0 Å². The highest BCUT2D eigenvalue weighted by molar-refractivity contribution is 7.15. The molecule has 3 heterocycles. The Hall–Kier alpha value is -2.15. The highest BCUT2D eigenvalue weighted by Crippen LogP contribution is 2.59. The summed E-state index contributed by atoms with van der Waals surface area (Å²) in [5, 5.41) is 3.64. The Kier molecular flexibility index (Phi) is 4.18. The van der Waals surface area contributed by atoms with Crippen LogP contribution in [0.1, 0.15) is 60.6 Å². The van der Waals surface area contributed by atoms with Crippen molar-refractivity contribution in [3.05, 3.63) is 34.6 Å². The van der Waals surface area contributed by atoms with Crippen molar-refractivity contribution in [3.8, 4) is 0 Å². The second kappa shape index (κ2) is 6.42. The Morgan fingerprint density at radius 3 is 2.90 bits per heavy atom. The van der Waals surface area contributed by atoms with E-state index in [4.69, 9.17) is 9.72 Å². The number of ether oxygens (including phenoxy) is 1. The Bertz CT molecular complexity index is 995. The van der Waals surface area contributed by atoms with Gasteiger partial charge in [-0.2, -0.15) is 0 Å². The standard InChI is InChI=1S/C22H27N3O3S/c1-11-13-7-8-22(3)10-15-17(12(2)16(22)18(13)28-20(11)27)23-21(29-15)24-19(26)14-6-5-9-25(14)4/h5-6,9,11-13,16,18H,7-8,10H2,1-4H3,(H,23,24,26)/t11-,12-,13-,16+,18-,22-/m0/s1. The lowest BCUT2D eigenvalue weighted by Gasteiger charge is -2.51. The number of hydrogen-bond donors (Lipinski definition) is 1. The number of amides is 1. The minimum absolute atomic E-state index is 0.00582. The molecule has 3 aliphatic rings. The van der Waals surface area contributed by atoms with E-state index in [1.807, 2.05) is 26.2 Å². The summed E-state index contributed by atoms with van der Waals surface area (Å²) < 4.78 is 7.70. The molecule has 1 saturated carbocycles. The second-order valence-corrected chi connectivity index (χ2v) is 10.4. The summed E-state index contributed by atoms with van der Waals surface area (Å²) in [7, 11) is 1.86. The molecule has 29 heavy (non-hydrogen) atoms. The van der Waals surface area contributed by atoms with Crippen LogP contribution in [0.15, 0.2) is 18.3 Å². The predicted molar refractivity (Wildman–Crippen MR) is 111 cm³/mol. The number of anilines is 1. The first-order valence-corrected chi connectivity index (χ1v) is 11.2. The fourth-order valence-electron chi connectivity index (χ4n) is 5.99. The summed E-state index contributed by atoms with van der Waals surface area (Å²) in [6.45, 7) is 6.56. The molecule has 1 amide bonds. The third-order valence-electron chi connectivity index (χ3n) is 7.55. The van der Waals surface area contributed by atoms with Crippen molar-refractivity contribution in [2.75, 3.05) is 5.32 Å². The fraction of sp³-hybridized carbons (Fsp3) is 0.591. The van der Waals surface area contributed by atoms with E-state index in [2.05, 4.69) is 19.2 Å². The quantitative estimate of drug-likeness (QED) is 0.756. The highest BCUT2D eigenvalue weighted by atomic mass is 32.1. The van der Waals surface area contributed by atoms with Crippen molar-refractivity contribution >= 4 is 28.3 Å². The Morgan fingerprint density at radius 2 is 2.17 bits per heavy atom. The van der Waals surface area contributed by atoms with Crippen molar-refractivity contribution in [1.82, 2.24) is 9.55 Å². The summed E-state index contributed by atoms with van der Waals surface area (Å²) in [6, 6.07) is 3.66. The minimum Gasteiger partial charge on any atom is -0.461 e. The first-order chi connectivity index (χ1) is 13.8. The van der Waals surface area contributed by atoms with Gasteiger partial charge < -0.3 is 9.30 Å². The van der Waals surface area contributed by atoms with Crippen LogP contribution in [-0.2, 0) is 23.0 Å². The van der Waals surface area contributed by atoms with Gasteiger partial charge in [0.1, 0.15) is 11.8 Å². The van der Waals surface area contributed by atoms with Crippen LogP contribution >= 0.6 is 11.3 Å². The second-order valence-electron chi connectivity index (χ2n) is 9.32. The molecular weight excluding hydrogens is 386 g/mol. The van der Waals surface area contributed by atoms with Gasteiger partial charge in [-0.15, -0.1) is 11.3 Å². The largest absolute Gasteiger partial charge is 0.461 e. The van der Waals surface area contributed by atoms with E-state index in [1.54, 1.807) is 22.0 Å².